The number of benzene rings is 1. The molecule has 1 aromatic heterocycles. The summed E-state index contributed by atoms with van der Waals surface area (Å²) in [4.78, 5) is 6.81. The van der Waals surface area contributed by atoms with E-state index in [-0.39, 0.29) is 6.04 Å². The number of aryl methyl sites for hydroxylation is 1. The van der Waals surface area contributed by atoms with Gasteiger partial charge >= 0.3 is 0 Å². The molecule has 1 heterocycles. The molecule has 2 N–H and O–H groups in total. The van der Waals surface area contributed by atoms with Crippen LogP contribution in [0.25, 0.3) is 10.9 Å². The highest BCUT2D eigenvalue weighted by molar-refractivity contribution is 5.81. The summed E-state index contributed by atoms with van der Waals surface area (Å²) in [5, 5.41) is 1.17. The molecule has 0 aliphatic heterocycles. The van der Waals surface area contributed by atoms with Gasteiger partial charge in [-0.25, -0.2) is 4.98 Å². The minimum absolute atomic E-state index is 0.0114. The summed E-state index contributed by atoms with van der Waals surface area (Å²) >= 11 is 0. The van der Waals surface area contributed by atoms with Gasteiger partial charge in [0.15, 0.2) is 0 Å². The van der Waals surface area contributed by atoms with E-state index in [0.717, 1.165) is 23.4 Å². The second-order valence-electron chi connectivity index (χ2n) is 4.92. The number of hydrogen-bond donors (Lipinski definition) is 1. The summed E-state index contributed by atoms with van der Waals surface area (Å²) < 4.78 is 5.07. The van der Waals surface area contributed by atoms with Crippen LogP contribution in [-0.2, 0) is 4.74 Å². The van der Waals surface area contributed by atoms with E-state index in [1.807, 2.05) is 25.2 Å². The van der Waals surface area contributed by atoms with Gasteiger partial charge in [0, 0.05) is 32.1 Å². The molecule has 2 aromatic rings. The number of ether oxygens (including phenoxy) is 1. The second-order valence-corrected chi connectivity index (χ2v) is 4.92. The largest absolute Gasteiger partial charge is 0.383 e. The quantitative estimate of drug-likeness (QED) is 0.891. The molecule has 1 atom stereocenters. The van der Waals surface area contributed by atoms with E-state index in [1.165, 1.54) is 5.39 Å². The highest BCUT2D eigenvalue weighted by Crippen LogP contribution is 2.22. The summed E-state index contributed by atoms with van der Waals surface area (Å²) in [5.74, 6) is 0.977. The smallest absolute Gasteiger partial charge is 0.131 e. The lowest BCUT2D eigenvalue weighted by molar-refractivity contribution is 0.181. The van der Waals surface area contributed by atoms with Crippen molar-refractivity contribution in [2.75, 3.05) is 32.2 Å². The molecular formula is C15H21N3O. The van der Waals surface area contributed by atoms with Crippen molar-refractivity contribution in [3.05, 3.63) is 35.9 Å². The first-order valence-corrected chi connectivity index (χ1v) is 6.44. The average molecular weight is 259 g/mol. The van der Waals surface area contributed by atoms with Gasteiger partial charge in [-0.1, -0.05) is 18.2 Å². The molecule has 1 aromatic carbocycles. The SMILES string of the molecule is COCC(N)CN(C)c1nc2ccccc2cc1C. The van der Waals surface area contributed by atoms with Crippen molar-refractivity contribution < 1.29 is 4.74 Å². The Labute approximate surface area is 114 Å². The van der Waals surface area contributed by atoms with Crippen molar-refractivity contribution in [2.45, 2.75) is 13.0 Å². The predicted molar refractivity (Wildman–Crippen MR) is 79.6 cm³/mol. The first kappa shape index (κ1) is 13.8. The Kier molecular flexibility index (Phi) is 4.35. The number of likely N-dealkylation sites (N-methyl/N-ethyl adjacent to an activating group) is 1. The van der Waals surface area contributed by atoms with Gasteiger partial charge in [-0.15, -0.1) is 0 Å². The Morgan fingerprint density at radius 3 is 2.84 bits per heavy atom. The minimum Gasteiger partial charge on any atom is -0.383 e. The molecule has 0 fully saturated rings. The Hall–Kier alpha value is -1.65. The molecule has 0 amide bonds. The van der Waals surface area contributed by atoms with E-state index in [2.05, 4.69) is 24.0 Å². The van der Waals surface area contributed by atoms with E-state index in [4.69, 9.17) is 15.5 Å². The molecule has 0 aliphatic carbocycles. The predicted octanol–water partition coefficient (Wildman–Crippen LogP) is 1.95. The van der Waals surface area contributed by atoms with Crippen LogP contribution in [-0.4, -0.2) is 38.3 Å². The molecule has 0 aliphatic rings. The van der Waals surface area contributed by atoms with E-state index in [0.29, 0.717) is 6.61 Å². The molecule has 102 valence electrons. The van der Waals surface area contributed by atoms with Crippen molar-refractivity contribution in [1.82, 2.24) is 4.98 Å². The summed E-state index contributed by atoms with van der Waals surface area (Å²) in [6.45, 7) is 3.35. The van der Waals surface area contributed by atoms with Crippen LogP contribution in [0.4, 0.5) is 5.82 Å². The van der Waals surface area contributed by atoms with Gasteiger partial charge in [-0.3, -0.25) is 0 Å². The third-order valence-corrected chi connectivity index (χ3v) is 3.14. The van der Waals surface area contributed by atoms with E-state index >= 15 is 0 Å². The number of methoxy groups -OCH3 is 1. The fourth-order valence-electron chi connectivity index (χ4n) is 2.30. The molecule has 1 unspecified atom stereocenters. The number of anilines is 1. The molecule has 19 heavy (non-hydrogen) atoms. The lowest BCUT2D eigenvalue weighted by Gasteiger charge is -2.24. The summed E-state index contributed by atoms with van der Waals surface area (Å²) in [5.41, 5.74) is 8.16. The molecule has 0 bridgehead atoms. The van der Waals surface area contributed by atoms with Crippen LogP contribution in [0, 0.1) is 6.92 Å². The first-order valence-electron chi connectivity index (χ1n) is 6.44. The van der Waals surface area contributed by atoms with E-state index in [1.54, 1.807) is 7.11 Å². The lowest BCUT2D eigenvalue weighted by atomic mass is 10.1. The Morgan fingerprint density at radius 2 is 2.11 bits per heavy atom. The molecular weight excluding hydrogens is 238 g/mol. The molecule has 0 spiro atoms. The second kappa shape index (κ2) is 5.99. The summed E-state index contributed by atoms with van der Waals surface area (Å²) in [7, 11) is 3.68. The molecule has 0 radical (unpaired) electrons. The Morgan fingerprint density at radius 1 is 1.37 bits per heavy atom. The normalized spacial score (nSPS) is 12.6. The molecule has 2 rings (SSSR count). The third kappa shape index (κ3) is 3.22. The number of nitrogens with two attached hydrogens (primary N) is 1. The molecule has 0 saturated heterocycles. The Bertz CT molecular complexity index is 556. The first-order chi connectivity index (χ1) is 9.11. The maximum Gasteiger partial charge on any atom is 0.131 e. The topological polar surface area (TPSA) is 51.4 Å². The van der Waals surface area contributed by atoms with Gasteiger partial charge in [0.1, 0.15) is 5.82 Å². The number of aromatic nitrogens is 1. The van der Waals surface area contributed by atoms with Crippen LogP contribution >= 0.6 is 0 Å². The number of fused-ring (bicyclic) bond motifs is 1. The third-order valence-electron chi connectivity index (χ3n) is 3.14. The molecule has 0 saturated carbocycles. The van der Waals surface area contributed by atoms with Crippen LogP contribution in [0.2, 0.25) is 0 Å². The van der Waals surface area contributed by atoms with Gasteiger partial charge in [0.05, 0.1) is 12.1 Å². The maximum absolute atomic E-state index is 5.99. The highest BCUT2D eigenvalue weighted by Gasteiger charge is 2.11. The van der Waals surface area contributed by atoms with Crippen LogP contribution in [0.3, 0.4) is 0 Å². The van der Waals surface area contributed by atoms with Crippen molar-refractivity contribution in [1.29, 1.82) is 0 Å². The van der Waals surface area contributed by atoms with Crippen LogP contribution in [0.15, 0.2) is 30.3 Å². The van der Waals surface area contributed by atoms with Crippen molar-refractivity contribution in [3.8, 4) is 0 Å². The van der Waals surface area contributed by atoms with Gasteiger partial charge in [0.2, 0.25) is 0 Å². The standard InChI is InChI=1S/C15H21N3O/c1-11-8-12-6-4-5-7-14(12)17-15(11)18(2)9-13(16)10-19-3/h4-8,13H,9-10,16H2,1-3H3. The van der Waals surface area contributed by atoms with E-state index in [9.17, 15) is 0 Å². The fraction of sp³-hybridized carbons (Fsp3) is 0.400. The molecule has 4 heteroatoms. The van der Waals surface area contributed by atoms with Crippen molar-refractivity contribution in [3.63, 3.8) is 0 Å². The number of nitrogens with zero attached hydrogens (tertiary/aromatic N) is 2. The zero-order valence-electron chi connectivity index (χ0n) is 11.8. The number of para-hydroxylation sites is 1. The zero-order valence-corrected chi connectivity index (χ0v) is 11.8. The van der Waals surface area contributed by atoms with Crippen molar-refractivity contribution in [2.24, 2.45) is 5.73 Å². The van der Waals surface area contributed by atoms with Crippen LogP contribution in [0.1, 0.15) is 5.56 Å². The minimum atomic E-state index is -0.0114. The van der Waals surface area contributed by atoms with Gasteiger partial charge < -0.3 is 15.4 Å². The van der Waals surface area contributed by atoms with E-state index < -0.39 is 0 Å². The van der Waals surface area contributed by atoms with Crippen LogP contribution in [0.5, 0.6) is 0 Å². The summed E-state index contributed by atoms with van der Waals surface area (Å²) in [6, 6.07) is 10.3. The molecule has 4 nitrogen and oxygen atoms in total. The van der Waals surface area contributed by atoms with Gasteiger partial charge in [0.25, 0.3) is 0 Å². The maximum atomic E-state index is 5.99. The Balaban J connectivity index is 2.26. The zero-order chi connectivity index (χ0) is 13.8. The average Bonchev–Trinajstić information content (AvgIpc) is 2.38. The van der Waals surface area contributed by atoms with Crippen molar-refractivity contribution >= 4 is 16.7 Å². The highest BCUT2D eigenvalue weighted by atomic mass is 16.5. The number of rotatable bonds is 5. The van der Waals surface area contributed by atoms with Gasteiger partial charge in [-0.2, -0.15) is 0 Å². The van der Waals surface area contributed by atoms with Gasteiger partial charge in [-0.05, 0) is 24.6 Å². The number of pyridine rings is 1. The monoisotopic (exact) mass is 259 g/mol. The van der Waals surface area contributed by atoms with Crippen LogP contribution < -0.4 is 10.6 Å². The fourth-order valence-corrected chi connectivity index (χ4v) is 2.30. The summed E-state index contributed by atoms with van der Waals surface area (Å²) in [6.07, 6.45) is 0. The lowest BCUT2D eigenvalue weighted by Crippen LogP contribution is -2.39. The number of hydrogen-bond acceptors (Lipinski definition) is 4.